The SMILES string of the molecule is Cn1c2c(c(=O)n(C)c1=O)[C@](NC(=O)c1ccccc1Cl)(C(F)(F)F)C(=O)N2. The molecule has 2 amide bonds. The first-order chi connectivity index (χ1) is 12.9. The van der Waals surface area contributed by atoms with Gasteiger partial charge in [-0.05, 0) is 12.1 Å². The summed E-state index contributed by atoms with van der Waals surface area (Å²) < 4.78 is 43.5. The molecule has 0 saturated carbocycles. The number of anilines is 1. The van der Waals surface area contributed by atoms with Crippen molar-refractivity contribution in [1.29, 1.82) is 0 Å². The predicted octanol–water partition coefficient (Wildman–Crippen LogP) is 0.877. The Balaban J connectivity index is 2.31. The van der Waals surface area contributed by atoms with E-state index in [4.69, 9.17) is 11.6 Å². The van der Waals surface area contributed by atoms with Crippen LogP contribution in [0.5, 0.6) is 0 Å². The third-order valence-electron chi connectivity index (χ3n) is 4.46. The maximum absolute atomic E-state index is 14.1. The predicted molar refractivity (Wildman–Crippen MR) is 92.2 cm³/mol. The van der Waals surface area contributed by atoms with Gasteiger partial charge in [0.15, 0.2) is 0 Å². The lowest BCUT2D eigenvalue weighted by molar-refractivity contribution is -0.196. The van der Waals surface area contributed by atoms with Gasteiger partial charge in [0, 0.05) is 14.1 Å². The summed E-state index contributed by atoms with van der Waals surface area (Å²) in [5.41, 5.74) is -7.43. The van der Waals surface area contributed by atoms with Crippen LogP contribution < -0.4 is 21.9 Å². The van der Waals surface area contributed by atoms with Gasteiger partial charge < -0.3 is 10.6 Å². The molecule has 1 aromatic carbocycles. The van der Waals surface area contributed by atoms with E-state index >= 15 is 0 Å². The van der Waals surface area contributed by atoms with Crippen molar-refractivity contribution in [2.75, 3.05) is 5.32 Å². The normalized spacial score (nSPS) is 18.6. The molecular weight excluding hydrogens is 405 g/mol. The maximum Gasteiger partial charge on any atom is 0.425 e. The molecular formula is C16H12ClF3N4O4. The molecule has 0 bridgehead atoms. The Morgan fingerprint density at radius 3 is 2.32 bits per heavy atom. The molecule has 0 saturated heterocycles. The van der Waals surface area contributed by atoms with Gasteiger partial charge in [0.2, 0.25) is 0 Å². The summed E-state index contributed by atoms with van der Waals surface area (Å²) in [5.74, 6) is -3.68. The lowest BCUT2D eigenvalue weighted by Gasteiger charge is -2.30. The Labute approximate surface area is 159 Å². The summed E-state index contributed by atoms with van der Waals surface area (Å²) in [7, 11) is 2.05. The summed E-state index contributed by atoms with van der Waals surface area (Å²) in [6, 6.07) is 5.27. The number of hydrogen-bond acceptors (Lipinski definition) is 4. The summed E-state index contributed by atoms with van der Waals surface area (Å²) in [6.07, 6.45) is -5.40. The number of fused-ring (bicyclic) bond motifs is 1. The Morgan fingerprint density at radius 2 is 1.75 bits per heavy atom. The average Bonchev–Trinajstić information content (AvgIpc) is 2.92. The first-order valence-corrected chi connectivity index (χ1v) is 8.07. The molecule has 12 heteroatoms. The lowest BCUT2D eigenvalue weighted by Crippen LogP contribution is -2.62. The molecule has 1 aliphatic rings. The van der Waals surface area contributed by atoms with Crippen molar-refractivity contribution in [3.05, 3.63) is 61.3 Å². The number of carbonyl (C=O) groups excluding carboxylic acids is 2. The second-order valence-electron chi connectivity index (χ2n) is 6.07. The van der Waals surface area contributed by atoms with E-state index in [1.54, 1.807) is 5.32 Å². The summed E-state index contributed by atoms with van der Waals surface area (Å²) in [4.78, 5) is 49.5. The Hall–Kier alpha value is -3.08. The number of aromatic nitrogens is 2. The van der Waals surface area contributed by atoms with Gasteiger partial charge in [-0.3, -0.25) is 23.5 Å². The number of halogens is 4. The second-order valence-corrected chi connectivity index (χ2v) is 6.47. The van der Waals surface area contributed by atoms with Gasteiger partial charge in [-0.15, -0.1) is 0 Å². The molecule has 28 heavy (non-hydrogen) atoms. The Morgan fingerprint density at radius 1 is 1.14 bits per heavy atom. The van der Waals surface area contributed by atoms with Gasteiger partial charge >= 0.3 is 11.9 Å². The Bertz CT molecular complexity index is 1140. The third-order valence-corrected chi connectivity index (χ3v) is 4.79. The van der Waals surface area contributed by atoms with E-state index in [1.165, 1.54) is 18.2 Å². The number of carbonyl (C=O) groups is 2. The molecule has 0 fully saturated rings. The zero-order valence-corrected chi connectivity index (χ0v) is 15.1. The van der Waals surface area contributed by atoms with Gasteiger partial charge in [0.1, 0.15) is 11.4 Å². The minimum absolute atomic E-state index is 0.149. The van der Waals surface area contributed by atoms with Crippen LogP contribution in [0.2, 0.25) is 5.02 Å². The zero-order chi connectivity index (χ0) is 21.0. The smallest absolute Gasteiger partial charge is 0.326 e. The maximum atomic E-state index is 14.1. The van der Waals surface area contributed by atoms with Crippen LogP contribution in [0.25, 0.3) is 0 Å². The molecule has 2 N–H and O–H groups in total. The standard InChI is InChI=1S/C16H12ClF3N4O4/c1-23-10-9(12(26)24(2)14(23)28)15(13(27)21-10,16(18,19)20)22-11(25)7-5-3-4-6-8(7)17/h3-6H,1-2H3,(H,21,27)(H,22,25)/t15-/m1/s1. The first kappa shape index (κ1) is 19.7. The highest BCUT2D eigenvalue weighted by Gasteiger charge is 2.68. The van der Waals surface area contributed by atoms with Crippen LogP contribution in [0.3, 0.4) is 0 Å². The quantitative estimate of drug-likeness (QED) is 0.758. The van der Waals surface area contributed by atoms with Crippen LogP contribution in [0.15, 0.2) is 33.9 Å². The van der Waals surface area contributed by atoms with Gasteiger partial charge in [-0.25, -0.2) is 4.79 Å². The van der Waals surface area contributed by atoms with E-state index in [9.17, 15) is 32.3 Å². The van der Waals surface area contributed by atoms with Crippen LogP contribution in [0.1, 0.15) is 15.9 Å². The minimum atomic E-state index is -5.40. The number of hydrogen-bond donors (Lipinski definition) is 2. The first-order valence-electron chi connectivity index (χ1n) is 7.69. The summed E-state index contributed by atoms with van der Waals surface area (Å²) >= 11 is 5.85. The van der Waals surface area contributed by atoms with E-state index in [1.807, 2.05) is 5.32 Å². The van der Waals surface area contributed by atoms with Crippen molar-refractivity contribution in [2.24, 2.45) is 14.1 Å². The fourth-order valence-corrected chi connectivity index (χ4v) is 3.21. The summed E-state index contributed by atoms with van der Waals surface area (Å²) in [5, 5.41) is 3.36. The number of nitrogens with one attached hydrogen (secondary N) is 2. The zero-order valence-electron chi connectivity index (χ0n) is 14.3. The third kappa shape index (κ3) is 2.53. The minimum Gasteiger partial charge on any atom is -0.326 e. The highest BCUT2D eigenvalue weighted by atomic mass is 35.5. The van der Waals surface area contributed by atoms with Gasteiger partial charge in [-0.1, -0.05) is 23.7 Å². The lowest BCUT2D eigenvalue weighted by atomic mass is 9.91. The molecule has 0 radical (unpaired) electrons. The molecule has 1 aliphatic heterocycles. The molecule has 0 unspecified atom stereocenters. The number of rotatable bonds is 2. The molecule has 2 aromatic rings. The van der Waals surface area contributed by atoms with Crippen LogP contribution in [-0.2, 0) is 24.4 Å². The van der Waals surface area contributed by atoms with Crippen LogP contribution in [0.4, 0.5) is 19.0 Å². The molecule has 148 valence electrons. The number of alkyl halides is 3. The topological polar surface area (TPSA) is 102 Å². The fourth-order valence-electron chi connectivity index (χ4n) is 2.99. The van der Waals surface area contributed by atoms with Crippen molar-refractivity contribution in [3.63, 3.8) is 0 Å². The molecule has 2 heterocycles. The van der Waals surface area contributed by atoms with Gasteiger partial charge in [0.05, 0.1) is 10.6 Å². The van der Waals surface area contributed by atoms with Gasteiger partial charge in [0.25, 0.3) is 22.9 Å². The average molecular weight is 417 g/mol. The van der Waals surface area contributed by atoms with Crippen molar-refractivity contribution in [2.45, 2.75) is 11.7 Å². The van der Waals surface area contributed by atoms with E-state index in [0.717, 1.165) is 20.2 Å². The van der Waals surface area contributed by atoms with E-state index in [0.29, 0.717) is 9.13 Å². The highest BCUT2D eigenvalue weighted by molar-refractivity contribution is 6.34. The molecule has 0 aliphatic carbocycles. The van der Waals surface area contributed by atoms with E-state index < -0.39 is 46.2 Å². The van der Waals surface area contributed by atoms with Crippen LogP contribution >= 0.6 is 11.6 Å². The molecule has 1 aromatic heterocycles. The van der Waals surface area contributed by atoms with Crippen molar-refractivity contribution in [3.8, 4) is 0 Å². The van der Waals surface area contributed by atoms with Crippen molar-refractivity contribution >= 4 is 29.2 Å². The fraction of sp³-hybridized carbons (Fsp3) is 0.250. The largest absolute Gasteiger partial charge is 0.425 e. The van der Waals surface area contributed by atoms with E-state index in [-0.39, 0.29) is 10.6 Å². The van der Waals surface area contributed by atoms with Crippen LogP contribution in [-0.4, -0.2) is 27.1 Å². The van der Waals surface area contributed by atoms with Crippen molar-refractivity contribution in [1.82, 2.24) is 14.5 Å². The number of nitrogens with zero attached hydrogens (tertiary/aromatic N) is 2. The molecule has 0 spiro atoms. The van der Waals surface area contributed by atoms with E-state index in [2.05, 4.69) is 0 Å². The monoisotopic (exact) mass is 416 g/mol. The second kappa shape index (κ2) is 6.23. The molecule has 1 atom stereocenters. The van der Waals surface area contributed by atoms with Crippen LogP contribution in [0, 0.1) is 0 Å². The number of benzene rings is 1. The van der Waals surface area contributed by atoms with Crippen molar-refractivity contribution < 1.29 is 22.8 Å². The number of amides is 2. The molecule has 3 rings (SSSR count). The summed E-state index contributed by atoms with van der Waals surface area (Å²) in [6.45, 7) is 0. The highest BCUT2D eigenvalue weighted by Crippen LogP contribution is 2.45. The van der Waals surface area contributed by atoms with Gasteiger partial charge in [-0.2, -0.15) is 13.2 Å². The molecule has 8 nitrogen and oxygen atoms in total. The Kier molecular flexibility index (Phi) is 4.38.